The SMILES string of the molecule is CC(=O)N1CCCC1C(=O)N1CCC2(CC1)C[C@H](CCN1CCN(c3cccc(Cl)c3)CC1)NC2=O. The minimum atomic E-state index is -0.345. The number of nitrogens with one attached hydrogen (secondary N) is 1. The van der Waals surface area contributed by atoms with Gasteiger partial charge in [-0.05, 0) is 56.7 Å². The number of piperazine rings is 1. The second-order valence-corrected chi connectivity index (χ2v) is 11.4. The Morgan fingerprint density at radius 1 is 1.08 bits per heavy atom. The van der Waals surface area contributed by atoms with E-state index in [1.54, 1.807) is 11.8 Å². The van der Waals surface area contributed by atoms with Gasteiger partial charge in [-0.15, -0.1) is 0 Å². The van der Waals surface area contributed by atoms with Crippen LogP contribution in [0.15, 0.2) is 24.3 Å². The zero-order valence-corrected chi connectivity index (χ0v) is 22.0. The molecule has 1 aromatic rings. The van der Waals surface area contributed by atoms with Crippen LogP contribution >= 0.6 is 11.6 Å². The van der Waals surface area contributed by atoms with Crippen LogP contribution in [0, 0.1) is 5.41 Å². The molecule has 0 aliphatic carbocycles. The molecule has 4 heterocycles. The maximum Gasteiger partial charge on any atom is 0.245 e. The molecule has 8 nitrogen and oxygen atoms in total. The van der Waals surface area contributed by atoms with E-state index in [2.05, 4.69) is 21.2 Å². The molecule has 4 fully saturated rings. The van der Waals surface area contributed by atoms with Crippen LogP contribution in [0.1, 0.15) is 45.4 Å². The summed E-state index contributed by atoms with van der Waals surface area (Å²) in [5.41, 5.74) is 0.835. The van der Waals surface area contributed by atoms with Gasteiger partial charge >= 0.3 is 0 Å². The molecule has 0 saturated carbocycles. The van der Waals surface area contributed by atoms with Crippen molar-refractivity contribution < 1.29 is 14.4 Å². The van der Waals surface area contributed by atoms with Crippen LogP contribution < -0.4 is 10.2 Å². The zero-order chi connectivity index (χ0) is 25.3. The fourth-order valence-electron chi connectivity index (χ4n) is 6.57. The lowest BCUT2D eigenvalue weighted by Crippen LogP contribution is -2.52. The average Bonchev–Trinajstić information content (AvgIpc) is 3.49. The molecule has 9 heteroatoms. The van der Waals surface area contributed by atoms with Crippen LogP contribution in [-0.2, 0) is 14.4 Å². The number of hydrogen-bond donors (Lipinski definition) is 1. The smallest absolute Gasteiger partial charge is 0.245 e. The highest BCUT2D eigenvalue weighted by Gasteiger charge is 2.49. The number of carbonyl (C=O) groups excluding carboxylic acids is 3. The van der Waals surface area contributed by atoms with Gasteiger partial charge in [0.2, 0.25) is 17.7 Å². The van der Waals surface area contributed by atoms with E-state index < -0.39 is 0 Å². The Hall–Kier alpha value is -2.32. The number of nitrogens with zero attached hydrogens (tertiary/aromatic N) is 4. The molecule has 0 bridgehead atoms. The Labute approximate surface area is 218 Å². The summed E-state index contributed by atoms with van der Waals surface area (Å²) in [6.45, 7) is 8.38. The van der Waals surface area contributed by atoms with E-state index in [0.717, 1.165) is 63.4 Å². The number of piperidine rings is 1. The lowest BCUT2D eigenvalue weighted by Gasteiger charge is -2.39. The number of amides is 3. The van der Waals surface area contributed by atoms with Gasteiger partial charge in [0, 0.05) is 76.0 Å². The molecule has 36 heavy (non-hydrogen) atoms. The summed E-state index contributed by atoms with van der Waals surface area (Å²) in [5, 5.41) is 4.04. The van der Waals surface area contributed by atoms with E-state index in [0.29, 0.717) is 32.5 Å². The molecule has 5 rings (SSSR count). The summed E-state index contributed by atoms with van der Waals surface area (Å²) >= 11 is 6.15. The summed E-state index contributed by atoms with van der Waals surface area (Å²) < 4.78 is 0. The summed E-state index contributed by atoms with van der Waals surface area (Å²) in [4.78, 5) is 46.5. The molecule has 1 unspecified atom stereocenters. The van der Waals surface area contributed by atoms with Crippen molar-refractivity contribution in [2.75, 3.05) is 57.3 Å². The quantitative estimate of drug-likeness (QED) is 0.651. The van der Waals surface area contributed by atoms with Gasteiger partial charge in [0.25, 0.3) is 0 Å². The van der Waals surface area contributed by atoms with E-state index in [-0.39, 0.29) is 35.2 Å². The minimum Gasteiger partial charge on any atom is -0.369 e. The Kier molecular flexibility index (Phi) is 7.45. The Morgan fingerprint density at radius 3 is 2.53 bits per heavy atom. The van der Waals surface area contributed by atoms with Gasteiger partial charge in [0.15, 0.2) is 0 Å². The third-order valence-corrected chi connectivity index (χ3v) is 9.00. The summed E-state index contributed by atoms with van der Waals surface area (Å²) in [5.74, 6) is 0.198. The second kappa shape index (κ2) is 10.6. The molecular formula is C27H38ClN5O3. The van der Waals surface area contributed by atoms with Gasteiger partial charge in [-0.1, -0.05) is 17.7 Å². The topological polar surface area (TPSA) is 76.2 Å². The van der Waals surface area contributed by atoms with Crippen LogP contribution in [0.4, 0.5) is 5.69 Å². The van der Waals surface area contributed by atoms with Crippen molar-refractivity contribution in [3.05, 3.63) is 29.3 Å². The lowest BCUT2D eigenvalue weighted by atomic mass is 9.75. The van der Waals surface area contributed by atoms with Gasteiger partial charge in [0.1, 0.15) is 6.04 Å². The predicted octanol–water partition coefficient (Wildman–Crippen LogP) is 2.36. The van der Waals surface area contributed by atoms with Crippen LogP contribution in [0.2, 0.25) is 5.02 Å². The van der Waals surface area contributed by atoms with E-state index in [4.69, 9.17) is 11.6 Å². The van der Waals surface area contributed by atoms with Crippen molar-refractivity contribution in [1.82, 2.24) is 20.0 Å². The van der Waals surface area contributed by atoms with Gasteiger partial charge in [-0.3, -0.25) is 19.3 Å². The van der Waals surface area contributed by atoms with Crippen molar-refractivity contribution in [1.29, 1.82) is 0 Å². The number of anilines is 1. The first-order valence-electron chi connectivity index (χ1n) is 13.4. The molecular weight excluding hydrogens is 478 g/mol. The first kappa shape index (κ1) is 25.3. The number of likely N-dealkylation sites (tertiary alicyclic amines) is 2. The first-order chi connectivity index (χ1) is 17.3. The first-order valence-corrected chi connectivity index (χ1v) is 13.8. The fourth-order valence-corrected chi connectivity index (χ4v) is 6.75. The van der Waals surface area contributed by atoms with Crippen molar-refractivity contribution >= 4 is 35.0 Å². The molecule has 3 amide bonds. The fraction of sp³-hybridized carbons (Fsp3) is 0.667. The lowest BCUT2D eigenvalue weighted by molar-refractivity contribution is -0.145. The highest BCUT2D eigenvalue weighted by atomic mass is 35.5. The van der Waals surface area contributed by atoms with Crippen molar-refractivity contribution in [2.45, 2.75) is 57.5 Å². The van der Waals surface area contributed by atoms with Crippen LogP contribution in [-0.4, -0.2) is 96.9 Å². The maximum atomic E-state index is 13.1. The summed E-state index contributed by atoms with van der Waals surface area (Å²) in [6.07, 6.45) is 4.88. The molecule has 4 aliphatic rings. The molecule has 0 radical (unpaired) electrons. The molecule has 1 aromatic carbocycles. The standard InChI is InChI=1S/C27H38ClN5O3/c1-20(34)33-10-3-6-24(33)25(35)32-12-8-27(9-13-32)19-22(29-26(27)36)7-11-30-14-16-31(17-15-30)23-5-2-4-21(28)18-23/h2,4-5,18,22,24H,3,6-17,19H2,1H3,(H,29,36)/t22-,24?/m0/s1. The molecule has 4 saturated heterocycles. The normalized spacial score (nSPS) is 26.5. The summed E-state index contributed by atoms with van der Waals surface area (Å²) in [6, 6.07) is 7.93. The van der Waals surface area contributed by atoms with E-state index in [9.17, 15) is 14.4 Å². The van der Waals surface area contributed by atoms with E-state index in [1.807, 2.05) is 23.1 Å². The molecule has 196 valence electrons. The van der Waals surface area contributed by atoms with E-state index in [1.165, 1.54) is 5.69 Å². The van der Waals surface area contributed by atoms with E-state index >= 15 is 0 Å². The highest BCUT2D eigenvalue weighted by molar-refractivity contribution is 6.30. The number of halogens is 1. The van der Waals surface area contributed by atoms with Crippen LogP contribution in [0.25, 0.3) is 0 Å². The van der Waals surface area contributed by atoms with Gasteiger partial charge in [-0.2, -0.15) is 0 Å². The third-order valence-electron chi connectivity index (χ3n) is 8.77. The number of benzene rings is 1. The summed E-state index contributed by atoms with van der Waals surface area (Å²) in [7, 11) is 0. The number of rotatable bonds is 5. The molecule has 0 aromatic heterocycles. The average molecular weight is 516 g/mol. The van der Waals surface area contributed by atoms with Crippen LogP contribution in [0.3, 0.4) is 0 Å². The molecule has 2 atom stereocenters. The molecule has 1 spiro atoms. The number of carbonyl (C=O) groups is 3. The van der Waals surface area contributed by atoms with Crippen molar-refractivity contribution in [3.8, 4) is 0 Å². The zero-order valence-electron chi connectivity index (χ0n) is 21.3. The van der Waals surface area contributed by atoms with Crippen molar-refractivity contribution in [2.24, 2.45) is 5.41 Å². The molecule has 1 N–H and O–H groups in total. The number of hydrogen-bond acceptors (Lipinski definition) is 5. The second-order valence-electron chi connectivity index (χ2n) is 10.9. The monoisotopic (exact) mass is 515 g/mol. The minimum absolute atomic E-state index is 0.0248. The largest absolute Gasteiger partial charge is 0.369 e. The Bertz CT molecular complexity index is 987. The van der Waals surface area contributed by atoms with Crippen molar-refractivity contribution in [3.63, 3.8) is 0 Å². The third kappa shape index (κ3) is 5.21. The van der Waals surface area contributed by atoms with Gasteiger partial charge in [-0.25, -0.2) is 0 Å². The highest BCUT2D eigenvalue weighted by Crippen LogP contribution is 2.41. The molecule has 4 aliphatic heterocycles. The Balaban J connectivity index is 1.07. The van der Waals surface area contributed by atoms with Gasteiger partial charge < -0.3 is 20.0 Å². The van der Waals surface area contributed by atoms with Gasteiger partial charge in [0.05, 0.1) is 5.41 Å². The predicted molar refractivity (Wildman–Crippen MR) is 140 cm³/mol. The van der Waals surface area contributed by atoms with Crippen LogP contribution in [0.5, 0.6) is 0 Å². The maximum absolute atomic E-state index is 13.1. The Morgan fingerprint density at radius 2 is 1.83 bits per heavy atom.